The fourth-order valence-corrected chi connectivity index (χ4v) is 5.91. The number of hydrogen-bond acceptors (Lipinski definition) is 5. The van der Waals surface area contributed by atoms with E-state index in [1.165, 1.54) is 48.7 Å². The molecule has 6 nitrogen and oxygen atoms in total. The molecule has 2 atom stereocenters. The Hall–Kier alpha value is -2.71. The average Bonchev–Trinajstić information content (AvgIpc) is 3.43. The molecule has 1 saturated heterocycles. The van der Waals surface area contributed by atoms with Crippen molar-refractivity contribution in [2.75, 3.05) is 23.7 Å². The summed E-state index contributed by atoms with van der Waals surface area (Å²) in [4.78, 5) is 17.6. The van der Waals surface area contributed by atoms with Gasteiger partial charge in [-0.1, -0.05) is 36.4 Å². The number of nitrogens with zero attached hydrogens (tertiary/aromatic N) is 5. The van der Waals surface area contributed by atoms with Gasteiger partial charge in [-0.25, -0.2) is 4.39 Å². The van der Waals surface area contributed by atoms with Crippen LogP contribution >= 0.6 is 11.8 Å². The van der Waals surface area contributed by atoms with Crippen LogP contribution in [0.4, 0.5) is 10.1 Å². The second-order valence-corrected chi connectivity index (χ2v) is 10.1. The zero-order chi connectivity index (χ0) is 23.7. The lowest BCUT2D eigenvalue weighted by atomic mass is 10.1. The van der Waals surface area contributed by atoms with E-state index >= 15 is 0 Å². The standard InChI is InChI=1S/C26H30FN5OS/c1-18-16-20-8-4-5-9-23(20)31(18)24(33)17-34-26-29-28-25(19(2)30-14-6-3-7-15-30)32(26)22-12-10-21(27)11-13-22/h4-5,8-13,18-19H,3,6-7,14-17H2,1-2H3/t18-,19-/m0/s1. The molecule has 1 aromatic heterocycles. The molecular formula is C26H30FN5OS. The van der Waals surface area contributed by atoms with Crippen LogP contribution in [0.15, 0.2) is 53.7 Å². The normalized spacial score (nSPS) is 19.3. The Morgan fingerprint density at radius 3 is 2.59 bits per heavy atom. The molecule has 0 N–H and O–H groups in total. The van der Waals surface area contributed by atoms with Crippen LogP contribution in [-0.2, 0) is 11.2 Å². The van der Waals surface area contributed by atoms with Crippen LogP contribution in [0.1, 0.15) is 50.5 Å². The molecule has 2 aliphatic rings. The van der Waals surface area contributed by atoms with E-state index in [4.69, 9.17) is 0 Å². The fraction of sp³-hybridized carbons (Fsp3) is 0.423. The first-order valence-electron chi connectivity index (χ1n) is 12.0. The Bertz CT molecular complexity index is 1160. The molecule has 0 aliphatic carbocycles. The topological polar surface area (TPSA) is 54.3 Å². The molecule has 1 fully saturated rings. The number of carbonyl (C=O) groups is 1. The minimum Gasteiger partial charge on any atom is -0.308 e. The van der Waals surface area contributed by atoms with Crippen LogP contribution < -0.4 is 4.90 Å². The lowest BCUT2D eigenvalue weighted by Gasteiger charge is -2.31. The summed E-state index contributed by atoms with van der Waals surface area (Å²) in [6.45, 7) is 6.30. The highest BCUT2D eigenvalue weighted by molar-refractivity contribution is 7.99. The van der Waals surface area contributed by atoms with Gasteiger partial charge in [0.25, 0.3) is 0 Å². The van der Waals surface area contributed by atoms with Gasteiger partial charge in [0, 0.05) is 17.4 Å². The van der Waals surface area contributed by atoms with Gasteiger partial charge in [-0.3, -0.25) is 14.3 Å². The van der Waals surface area contributed by atoms with Gasteiger partial charge in [0.05, 0.1) is 11.8 Å². The van der Waals surface area contributed by atoms with Crippen molar-refractivity contribution < 1.29 is 9.18 Å². The van der Waals surface area contributed by atoms with Crippen molar-refractivity contribution in [3.63, 3.8) is 0 Å². The summed E-state index contributed by atoms with van der Waals surface area (Å²) >= 11 is 1.39. The van der Waals surface area contributed by atoms with Crippen molar-refractivity contribution in [2.45, 2.75) is 56.8 Å². The monoisotopic (exact) mass is 479 g/mol. The molecule has 8 heteroatoms. The SMILES string of the molecule is C[C@@H](c1nnc(SCC(=O)N2c3ccccc3C[C@@H]2C)n1-c1ccc(F)cc1)N1CCCCC1. The van der Waals surface area contributed by atoms with Gasteiger partial charge in [0.15, 0.2) is 11.0 Å². The molecule has 34 heavy (non-hydrogen) atoms. The van der Waals surface area contributed by atoms with Gasteiger partial charge in [0.1, 0.15) is 5.82 Å². The van der Waals surface area contributed by atoms with Crippen molar-refractivity contribution in [1.29, 1.82) is 0 Å². The number of halogens is 1. The lowest BCUT2D eigenvalue weighted by molar-refractivity contribution is -0.116. The summed E-state index contributed by atoms with van der Waals surface area (Å²) in [6, 6.07) is 14.7. The highest BCUT2D eigenvalue weighted by Gasteiger charge is 2.31. The third-order valence-corrected chi connectivity index (χ3v) is 7.77. The van der Waals surface area contributed by atoms with Crippen LogP contribution in [0.3, 0.4) is 0 Å². The molecule has 0 radical (unpaired) electrons. The Morgan fingerprint density at radius 2 is 1.82 bits per heavy atom. The summed E-state index contributed by atoms with van der Waals surface area (Å²) in [7, 11) is 0. The Balaban J connectivity index is 1.40. The second-order valence-electron chi connectivity index (χ2n) is 9.16. The molecule has 0 spiro atoms. The van der Waals surface area contributed by atoms with Gasteiger partial charge in [-0.05, 0) is 82.1 Å². The van der Waals surface area contributed by atoms with E-state index in [9.17, 15) is 9.18 Å². The number of benzene rings is 2. The van der Waals surface area contributed by atoms with Crippen molar-refractivity contribution >= 4 is 23.4 Å². The van der Waals surface area contributed by atoms with Gasteiger partial charge < -0.3 is 4.90 Å². The number of likely N-dealkylation sites (tertiary alicyclic amines) is 1. The molecule has 0 unspecified atom stereocenters. The number of carbonyl (C=O) groups excluding carboxylic acids is 1. The summed E-state index contributed by atoms with van der Waals surface area (Å²) in [5, 5.41) is 9.68. The van der Waals surface area contributed by atoms with E-state index in [1.807, 2.05) is 27.7 Å². The predicted molar refractivity (Wildman–Crippen MR) is 133 cm³/mol. The highest BCUT2D eigenvalue weighted by atomic mass is 32.2. The third-order valence-electron chi connectivity index (χ3n) is 6.86. The summed E-state index contributed by atoms with van der Waals surface area (Å²) in [5.74, 6) is 0.856. The number of thioether (sulfide) groups is 1. The average molecular weight is 480 g/mol. The molecule has 2 aliphatic heterocycles. The van der Waals surface area contributed by atoms with Crippen LogP contribution in [0, 0.1) is 5.82 Å². The number of amides is 1. The van der Waals surface area contributed by atoms with E-state index < -0.39 is 0 Å². The van der Waals surface area contributed by atoms with E-state index in [0.717, 1.165) is 36.7 Å². The van der Waals surface area contributed by atoms with Gasteiger partial charge >= 0.3 is 0 Å². The van der Waals surface area contributed by atoms with E-state index in [2.05, 4.69) is 35.0 Å². The van der Waals surface area contributed by atoms with E-state index in [1.54, 1.807) is 12.1 Å². The number of anilines is 1. The zero-order valence-electron chi connectivity index (χ0n) is 19.7. The van der Waals surface area contributed by atoms with Crippen LogP contribution in [-0.4, -0.2) is 50.5 Å². The zero-order valence-corrected chi connectivity index (χ0v) is 20.5. The minimum absolute atomic E-state index is 0.0572. The number of rotatable bonds is 6. The first-order valence-corrected chi connectivity index (χ1v) is 13.0. The maximum atomic E-state index is 13.7. The molecule has 178 valence electrons. The second kappa shape index (κ2) is 9.88. The number of para-hydroxylation sites is 1. The van der Waals surface area contributed by atoms with Gasteiger partial charge in [0.2, 0.25) is 5.91 Å². The Morgan fingerprint density at radius 1 is 1.09 bits per heavy atom. The number of piperidine rings is 1. The fourth-order valence-electron chi connectivity index (χ4n) is 5.09. The number of hydrogen-bond donors (Lipinski definition) is 0. The molecule has 5 rings (SSSR count). The van der Waals surface area contributed by atoms with Crippen molar-refractivity contribution in [1.82, 2.24) is 19.7 Å². The maximum absolute atomic E-state index is 13.7. The third kappa shape index (κ3) is 4.49. The molecule has 3 aromatic rings. The summed E-state index contributed by atoms with van der Waals surface area (Å²) in [5.41, 5.74) is 3.01. The number of aromatic nitrogens is 3. The quantitative estimate of drug-likeness (QED) is 0.465. The van der Waals surface area contributed by atoms with Gasteiger partial charge in [-0.2, -0.15) is 0 Å². The van der Waals surface area contributed by atoms with Crippen molar-refractivity contribution in [3.05, 3.63) is 65.7 Å². The lowest BCUT2D eigenvalue weighted by Crippen LogP contribution is -2.37. The molecule has 1 amide bonds. The molecule has 0 saturated carbocycles. The predicted octanol–water partition coefficient (Wildman–Crippen LogP) is 5.02. The Labute approximate surface area is 204 Å². The molecule has 0 bridgehead atoms. The number of fused-ring (bicyclic) bond motifs is 1. The highest BCUT2D eigenvalue weighted by Crippen LogP contribution is 2.34. The molecule has 3 heterocycles. The van der Waals surface area contributed by atoms with E-state index in [0.29, 0.717) is 5.16 Å². The summed E-state index contributed by atoms with van der Waals surface area (Å²) < 4.78 is 15.6. The first-order chi connectivity index (χ1) is 16.5. The van der Waals surface area contributed by atoms with Crippen molar-refractivity contribution in [2.24, 2.45) is 0 Å². The van der Waals surface area contributed by atoms with E-state index in [-0.39, 0.29) is 29.6 Å². The molecule has 2 aromatic carbocycles. The molecular weight excluding hydrogens is 449 g/mol. The maximum Gasteiger partial charge on any atom is 0.237 e. The summed E-state index contributed by atoms with van der Waals surface area (Å²) in [6.07, 6.45) is 4.49. The van der Waals surface area contributed by atoms with Crippen molar-refractivity contribution in [3.8, 4) is 5.69 Å². The Kier molecular flexibility index (Phi) is 6.70. The van der Waals surface area contributed by atoms with Gasteiger partial charge in [-0.15, -0.1) is 10.2 Å². The smallest absolute Gasteiger partial charge is 0.237 e. The van der Waals surface area contributed by atoms with Crippen LogP contribution in [0.5, 0.6) is 0 Å². The minimum atomic E-state index is -0.284. The van der Waals surface area contributed by atoms with Crippen LogP contribution in [0.25, 0.3) is 5.69 Å². The first kappa shape index (κ1) is 23.1. The largest absolute Gasteiger partial charge is 0.308 e. The van der Waals surface area contributed by atoms with Crippen LogP contribution in [0.2, 0.25) is 0 Å².